The first-order chi connectivity index (χ1) is 23.8. The number of benzene rings is 3. The van der Waals surface area contributed by atoms with Gasteiger partial charge in [-0.1, -0.05) is 78.9 Å². The molecule has 0 radical (unpaired) electrons. The van der Waals surface area contributed by atoms with Gasteiger partial charge in [0.2, 0.25) is 11.8 Å². The molecule has 3 aromatic rings. The number of rotatable bonds is 15. The fourth-order valence-corrected chi connectivity index (χ4v) is 5.75. The van der Waals surface area contributed by atoms with Crippen molar-refractivity contribution in [2.75, 3.05) is 13.2 Å². The molecule has 12 heteroatoms. The van der Waals surface area contributed by atoms with Crippen LogP contribution in [0.1, 0.15) is 69.6 Å². The van der Waals surface area contributed by atoms with Gasteiger partial charge in [-0.15, -0.1) is 0 Å². The lowest BCUT2D eigenvalue weighted by molar-refractivity contribution is -0.142. The van der Waals surface area contributed by atoms with Crippen molar-refractivity contribution in [2.45, 2.75) is 83.0 Å². The highest BCUT2D eigenvalue weighted by molar-refractivity contribution is 5.93. The predicted molar refractivity (Wildman–Crippen MR) is 187 cm³/mol. The second-order valence-electron chi connectivity index (χ2n) is 13.3. The van der Waals surface area contributed by atoms with E-state index in [0.717, 1.165) is 27.8 Å². The van der Waals surface area contributed by atoms with Crippen LogP contribution in [-0.4, -0.2) is 72.0 Å². The van der Waals surface area contributed by atoms with Crippen molar-refractivity contribution in [1.29, 1.82) is 0 Å². The minimum absolute atomic E-state index is 0.0703. The van der Waals surface area contributed by atoms with E-state index < -0.39 is 53.7 Å². The molecule has 3 unspecified atom stereocenters. The van der Waals surface area contributed by atoms with Gasteiger partial charge in [0.15, 0.2) is 0 Å². The number of aliphatic carboxylic acids is 1. The zero-order chi connectivity index (χ0) is 36.3. The molecule has 266 valence electrons. The number of alkyl carbamates (subject to hydrolysis) is 2. The average molecular weight is 687 g/mol. The highest BCUT2D eigenvalue weighted by Gasteiger charge is 2.31. The molecule has 3 aromatic carbocycles. The molecule has 0 fully saturated rings. The molecule has 0 spiro atoms. The van der Waals surface area contributed by atoms with Crippen molar-refractivity contribution in [2.24, 2.45) is 0 Å². The second-order valence-corrected chi connectivity index (χ2v) is 13.3. The molecule has 0 bridgehead atoms. The summed E-state index contributed by atoms with van der Waals surface area (Å²) in [6.07, 6.45) is -0.315. The monoisotopic (exact) mass is 686 g/mol. The summed E-state index contributed by atoms with van der Waals surface area (Å²) >= 11 is 0. The first kappa shape index (κ1) is 37.4. The standard InChI is InChI=1S/C38H46N4O8/c1-24(40-37(48)49-23-30-28-18-10-8-16-26(28)27-17-9-11-19-29(27)30)33(43)42-32(22-25-14-6-5-7-15-25)34(44)41-31(35(45)46)20-12-13-21-39-36(47)50-38(2,3)4/h5-11,14-19,24,30-32H,12-13,20-23H2,1-4H3,(H,39,47)(H,40,48)(H,41,44)(H,42,43)(H,45,46). The number of fused-ring (bicyclic) bond motifs is 3. The quantitative estimate of drug-likeness (QED) is 0.140. The van der Waals surface area contributed by atoms with Gasteiger partial charge in [-0.25, -0.2) is 14.4 Å². The summed E-state index contributed by atoms with van der Waals surface area (Å²) in [6, 6.07) is 21.5. The molecule has 5 N–H and O–H groups in total. The summed E-state index contributed by atoms with van der Waals surface area (Å²) in [5, 5.41) is 20.2. The van der Waals surface area contributed by atoms with Crippen LogP contribution in [-0.2, 0) is 30.3 Å². The third-order valence-electron chi connectivity index (χ3n) is 8.19. The molecular weight excluding hydrogens is 640 g/mol. The Balaban J connectivity index is 1.31. The maximum absolute atomic E-state index is 13.4. The van der Waals surface area contributed by atoms with E-state index in [1.54, 1.807) is 45.0 Å². The molecule has 1 aliphatic rings. The molecule has 0 aliphatic heterocycles. The molecular formula is C38H46N4O8. The van der Waals surface area contributed by atoms with Gasteiger partial charge in [0, 0.05) is 18.9 Å². The van der Waals surface area contributed by atoms with Crippen LogP contribution in [0.2, 0.25) is 0 Å². The summed E-state index contributed by atoms with van der Waals surface area (Å²) in [4.78, 5) is 63.4. The SMILES string of the molecule is CC(NC(=O)OCC1c2ccccc2-c2ccccc21)C(=O)NC(Cc1ccccc1)C(=O)NC(CCCCNC(=O)OC(C)(C)C)C(=O)O. The van der Waals surface area contributed by atoms with Crippen LogP contribution in [0, 0.1) is 0 Å². The van der Waals surface area contributed by atoms with Crippen molar-refractivity contribution in [3.8, 4) is 11.1 Å². The number of ether oxygens (including phenoxy) is 2. The Kier molecular flexibility index (Phi) is 13.0. The zero-order valence-corrected chi connectivity index (χ0v) is 28.9. The Morgan fingerprint density at radius 2 is 1.32 bits per heavy atom. The smallest absolute Gasteiger partial charge is 0.407 e. The van der Waals surface area contributed by atoms with E-state index in [9.17, 15) is 29.1 Å². The number of hydrogen-bond acceptors (Lipinski definition) is 7. The predicted octanol–water partition coefficient (Wildman–Crippen LogP) is 4.91. The summed E-state index contributed by atoms with van der Waals surface area (Å²) in [7, 11) is 0. The van der Waals surface area contributed by atoms with E-state index in [1.807, 2.05) is 54.6 Å². The van der Waals surface area contributed by atoms with Crippen LogP contribution in [0.5, 0.6) is 0 Å². The fourth-order valence-electron chi connectivity index (χ4n) is 5.75. The molecule has 4 amide bonds. The van der Waals surface area contributed by atoms with Gasteiger partial charge in [0.25, 0.3) is 0 Å². The van der Waals surface area contributed by atoms with Crippen molar-refractivity contribution >= 4 is 30.0 Å². The Bertz CT molecular complexity index is 1610. The number of unbranched alkanes of at least 4 members (excludes halogenated alkanes) is 1. The molecule has 0 heterocycles. The number of nitrogens with one attached hydrogen (secondary N) is 4. The summed E-state index contributed by atoms with van der Waals surface area (Å²) < 4.78 is 10.8. The fraction of sp³-hybridized carbons (Fsp3) is 0.395. The Morgan fingerprint density at radius 3 is 1.92 bits per heavy atom. The van der Waals surface area contributed by atoms with Crippen molar-refractivity contribution in [3.63, 3.8) is 0 Å². The van der Waals surface area contributed by atoms with Crippen molar-refractivity contribution in [1.82, 2.24) is 21.3 Å². The number of carboxylic acid groups (broad SMARTS) is 1. The van der Waals surface area contributed by atoms with Crippen LogP contribution < -0.4 is 21.3 Å². The van der Waals surface area contributed by atoms with Gasteiger partial charge < -0.3 is 35.8 Å². The van der Waals surface area contributed by atoms with E-state index >= 15 is 0 Å². The van der Waals surface area contributed by atoms with Crippen LogP contribution in [0.3, 0.4) is 0 Å². The van der Waals surface area contributed by atoms with E-state index in [1.165, 1.54) is 6.92 Å². The van der Waals surface area contributed by atoms with Gasteiger partial charge in [-0.3, -0.25) is 9.59 Å². The van der Waals surface area contributed by atoms with Crippen molar-refractivity contribution < 1.29 is 38.6 Å². The zero-order valence-electron chi connectivity index (χ0n) is 28.9. The molecule has 3 atom stereocenters. The maximum atomic E-state index is 13.4. The molecule has 50 heavy (non-hydrogen) atoms. The van der Waals surface area contributed by atoms with Crippen LogP contribution in [0.4, 0.5) is 9.59 Å². The van der Waals surface area contributed by atoms with E-state index in [4.69, 9.17) is 9.47 Å². The first-order valence-corrected chi connectivity index (χ1v) is 16.8. The minimum atomic E-state index is -1.23. The summed E-state index contributed by atoms with van der Waals surface area (Å²) in [6.45, 7) is 7.07. The lowest BCUT2D eigenvalue weighted by Gasteiger charge is -2.23. The van der Waals surface area contributed by atoms with Crippen LogP contribution >= 0.6 is 0 Å². The third kappa shape index (κ3) is 10.8. The van der Waals surface area contributed by atoms with E-state index in [-0.39, 0.29) is 31.9 Å². The molecule has 12 nitrogen and oxygen atoms in total. The Labute approximate surface area is 292 Å². The minimum Gasteiger partial charge on any atom is -0.480 e. The van der Waals surface area contributed by atoms with E-state index in [2.05, 4.69) is 21.3 Å². The number of hydrogen-bond donors (Lipinski definition) is 5. The average Bonchev–Trinajstić information content (AvgIpc) is 3.39. The van der Waals surface area contributed by atoms with E-state index in [0.29, 0.717) is 12.8 Å². The van der Waals surface area contributed by atoms with Crippen LogP contribution in [0.25, 0.3) is 11.1 Å². The second kappa shape index (κ2) is 17.3. The van der Waals surface area contributed by atoms with Crippen molar-refractivity contribution in [3.05, 3.63) is 95.6 Å². The van der Waals surface area contributed by atoms with Gasteiger partial charge in [-0.05, 0) is 74.8 Å². The largest absolute Gasteiger partial charge is 0.480 e. The first-order valence-electron chi connectivity index (χ1n) is 16.8. The maximum Gasteiger partial charge on any atom is 0.407 e. The molecule has 0 saturated carbocycles. The van der Waals surface area contributed by atoms with Gasteiger partial charge in [-0.2, -0.15) is 0 Å². The summed E-state index contributed by atoms with van der Waals surface area (Å²) in [5.74, 6) is -2.71. The number of amides is 4. The highest BCUT2D eigenvalue weighted by atomic mass is 16.6. The molecule has 1 aliphatic carbocycles. The lowest BCUT2D eigenvalue weighted by atomic mass is 9.98. The van der Waals surface area contributed by atoms with Gasteiger partial charge in [0.05, 0.1) is 0 Å². The van der Waals surface area contributed by atoms with Crippen LogP contribution in [0.15, 0.2) is 78.9 Å². The summed E-state index contributed by atoms with van der Waals surface area (Å²) in [5.41, 5.74) is 4.39. The molecule has 0 saturated heterocycles. The van der Waals surface area contributed by atoms with Gasteiger partial charge in [0.1, 0.15) is 30.3 Å². The Hall–Kier alpha value is -5.39. The Morgan fingerprint density at radius 1 is 0.740 bits per heavy atom. The lowest BCUT2D eigenvalue weighted by Crippen LogP contribution is -2.55. The number of carboxylic acids is 1. The molecule has 0 aromatic heterocycles. The number of carbonyl (C=O) groups is 5. The topological polar surface area (TPSA) is 172 Å². The normalized spacial score (nSPS) is 13.8. The molecule has 4 rings (SSSR count). The van der Waals surface area contributed by atoms with Gasteiger partial charge >= 0.3 is 18.2 Å². The third-order valence-corrected chi connectivity index (χ3v) is 8.19. The highest BCUT2D eigenvalue weighted by Crippen LogP contribution is 2.44. The number of carbonyl (C=O) groups excluding carboxylic acids is 4.